The van der Waals surface area contributed by atoms with E-state index in [9.17, 15) is 13.6 Å². The normalized spacial score (nSPS) is 12.2. The van der Waals surface area contributed by atoms with Crippen LogP contribution in [-0.2, 0) is 4.79 Å². The summed E-state index contributed by atoms with van der Waals surface area (Å²) in [5.74, 6) is -2.93. The molecule has 1 N–H and O–H groups in total. The Morgan fingerprint density at radius 2 is 1.68 bits per heavy atom. The Kier molecular flexibility index (Phi) is 3.60. The molecule has 0 saturated carbocycles. The molecule has 2 aromatic carbocycles. The Morgan fingerprint density at radius 3 is 2.26 bits per heavy atom. The van der Waals surface area contributed by atoms with Gasteiger partial charge in [-0.15, -0.1) is 0 Å². The molecule has 1 unspecified atom stereocenters. The van der Waals surface area contributed by atoms with Gasteiger partial charge in [-0.05, 0) is 35.7 Å². The first-order chi connectivity index (χ1) is 8.97. The lowest BCUT2D eigenvalue weighted by molar-refractivity contribution is -0.138. The molecule has 2 nitrogen and oxygen atoms in total. The van der Waals surface area contributed by atoms with Gasteiger partial charge in [-0.3, -0.25) is 4.79 Å². The van der Waals surface area contributed by atoms with E-state index in [4.69, 9.17) is 5.11 Å². The van der Waals surface area contributed by atoms with E-state index in [-0.39, 0.29) is 0 Å². The van der Waals surface area contributed by atoms with Gasteiger partial charge in [0.2, 0.25) is 0 Å². The van der Waals surface area contributed by atoms with Crippen LogP contribution in [0.2, 0.25) is 0 Å². The minimum Gasteiger partial charge on any atom is -0.481 e. The predicted octanol–water partition coefficient (Wildman–Crippen LogP) is 3.82. The molecule has 0 amide bonds. The van der Waals surface area contributed by atoms with Crippen LogP contribution >= 0.6 is 0 Å². The quantitative estimate of drug-likeness (QED) is 0.913. The highest BCUT2D eigenvalue weighted by Gasteiger charge is 2.14. The molecule has 0 aliphatic heterocycles. The molecule has 0 radical (unpaired) electrons. The summed E-state index contributed by atoms with van der Waals surface area (Å²) in [5.41, 5.74) is 1.57. The smallest absolute Gasteiger partial charge is 0.310 e. The molecule has 0 aliphatic rings. The Hall–Kier alpha value is -2.23. The van der Waals surface area contributed by atoms with Crippen molar-refractivity contribution in [2.24, 2.45) is 0 Å². The second-order valence-corrected chi connectivity index (χ2v) is 4.34. The number of carbonyl (C=O) groups is 1. The summed E-state index contributed by atoms with van der Waals surface area (Å²) in [5, 5.41) is 8.97. The van der Waals surface area contributed by atoms with E-state index in [1.54, 1.807) is 31.2 Å². The van der Waals surface area contributed by atoms with Crippen molar-refractivity contribution in [3.05, 3.63) is 59.7 Å². The fraction of sp³-hybridized carbons (Fsp3) is 0.133. The third-order valence-corrected chi connectivity index (χ3v) is 2.95. The fourth-order valence-corrected chi connectivity index (χ4v) is 1.85. The van der Waals surface area contributed by atoms with Gasteiger partial charge in [-0.2, -0.15) is 0 Å². The maximum atomic E-state index is 13.2. The van der Waals surface area contributed by atoms with Gasteiger partial charge >= 0.3 is 5.97 Å². The molecular weight excluding hydrogens is 250 g/mol. The van der Waals surface area contributed by atoms with E-state index >= 15 is 0 Å². The monoisotopic (exact) mass is 262 g/mol. The summed E-state index contributed by atoms with van der Waals surface area (Å²) >= 11 is 0. The number of rotatable bonds is 3. The maximum Gasteiger partial charge on any atom is 0.310 e. The number of carboxylic acids is 1. The molecule has 0 aliphatic carbocycles. The second kappa shape index (κ2) is 5.18. The molecule has 0 bridgehead atoms. The second-order valence-electron chi connectivity index (χ2n) is 4.34. The third kappa shape index (κ3) is 2.96. The summed E-state index contributed by atoms with van der Waals surface area (Å²) in [4.78, 5) is 10.9. The maximum absolute atomic E-state index is 13.2. The number of aliphatic carboxylic acids is 1. The summed E-state index contributed by atoms with van der Waals surface area (Å²) in [7, 11) is 0. The Labute approximate surface area is 109 Å². The largest absolute Gasteiger partial charge is 0.481 e. The Bertz CT molecular complexity index is 603. The van der Waals surface area contributed by atoms with E-state index in [0.717, 1.165) is 6.07 Å². The molecule has 0 spiro atoms. The van der Waals surface area contributed by atoms with Crippen molar-refractivity contribution >= 4 is 5.97 Å². The van der Waals surface area contributed by atoms with Crippen molar-refractivity contribution in [3.63, 3.8) is 0 Å². The minimum absolute atomic E-state index is 0.386. The summed E-state index contributed by atoms with van der Waals surface area (Å²) in [6, 6.07) is 9.90. The molecular formula is C15H12F2O2. The first-order valence-corrected chi connectivity index (χ1v) is 5.76. The van der Waals surface area contributed by atoms with Gasteiger partial charge in [0.05, 0.1) is 5.92 Å². The van der Waals surface area contributed by atoms with E-state index in [0.29, 0.717) is 16.7 Å². The van der Waals surface area contributed by atoms with Crippen molar-refractivity contribution in [2.75, 3.05) is 0 Å². The molecule has 98 valence electrons. The predicted molar refractivity (Wildman–Crippen MR) is 67.8 cm³/mol. The number of carboxylic acid groups (broad SMARTS) is 1. The summed E-state index contributed by atoms with van der Waals surface area (Å²) in [6.07, 6.45) is 0. The van der Waals surface area contributed by atoms with Crippen molar-refractivity contribution < 1.29 is 18.7 Å². The molecule has 1 atom stereocenters. The minimum atomic E-state index is -0.942. The van der Waals surface area contributed by atoms with Crippen molar-refractivity contribution in [1.82, 2.24) is 0 Å². The lowest BCUT2D eigenvalue weighted by atomic mass is 9.96. The van der Waals surface area contributed by atoms with Gasteiger partial charge < -0.3 is 5.11 Å². The molecule has 0 saturated heterocycles. The van der Waals surface area contributed by atoms with Crippen molar-refractivity contribution in [3.8, 4) is 11.1 Å². The van der Waals surface area contributed by atoms with E-state index in [2.05, 4.69) is 0 Å². The zero-order valence-electron chi connectivity index (χ0n) is 10.2. The van der Waals surface area contributed by atoms with Gasteiger partial charge in [0.15, 0.2) is 0 Å². The molecule has 2 aromatic rings. The summed E-state index contributed by atoms with van der Waals surface area (Å²) < 4.78 is 26.3. The lowest BCUT2D eigenvalue weighted by Crippen LogP contribution is -2.07. The molecule has 2 rings (SSSR count). The van der Waals surface area contributed by atoms with Crippen molar-refractivity contribution in [1.29, 1.82) is 0 Å². The number of hydrogen-bond donors (Lipinski definition) is 1. The van der Waals surface area contributed by atoms with Crippen LogP contribution in [0.25, 0.3) is 11.1 Å². The molecule has 19 heavy (non-hydrogen) atoms. The average Bonchev–Trinajstić information content (AvgIpc) is 2.36. The van der Waals surface area contributed by atoms with Crippen LogP contribution in [0.3, 0.4) is 0 Å². The molecule has 0 aromatic heterocycles. The fourth-order valence-electron chi connectivity index (χ4n) is 1.85. The SMILES string of the molecule is CC(C(=O)O)c1cccc(-c2cc(F)cc(F)c2)c1. The van der Waals surface area contributed by atoms with Crippen LogP contribution in [0.5, 0.6) is 0 Å². The molecule has 4 heteroatoms. The van der Waals surface area contributed by atoms with Crippen LogP contribution in [0.15, 0.2) is 42.5 Å². The number of hydrogen-bond acceptors (Lipinski definition) is 1. The van der Waals surface area contributed by atoms with E-state index in [1.807, 2.05) is 0 Å². The van der Waals surface area contributed by atoms with Gasteiger partial charge in [0.1, 0.15) is 11.6 Å². The standard InChI is InChI=1S/C15H12F2O2/c1-9(15(18)19)10-3-2-4-11(5-10)12-6-13(16)8-14(17)7-12/h2-9H,1H3,(H,18,19). The highest BCUT2D eigenvalue weighted by Crippen LogP contribution is 2.25. The number of benzene rings is 2. The zero-order valence-corrected chi connectivity index (χ0v) is 10.2. The van der Waals surface area contributed by atoms with Crippen LogP contribution in [0, 0.1) is 11.6 Å². The van der Waals surface area contributed by atoms with Crippen LogP contribution in [0.1, 0.15) is 18.4 Å². The van der Waals surface area contributed by atoms with Crippen LogP contribution in [-0.4, -0.2) is 11.1 Å². The van der Waals surface area contributed by atoms with Crippen LogP contribution < -0.4 is 0 Å². The van der Waals surface area contributed by atoms with E-state index in [1.165, 1.54) is 12.1 Å². The molecule has 0 heterocycles. The first kappa shape index (κ1) is 13.2. The lowest BCUT2D eigenvalue weighted by Gasteiger charge is -2.09. The Balaban J connectivity index is 2.46. The van der Waals surface area contributed by atoms with Gasteiger partial charge in [0.25, 0.3) is 0 Å². The average molecular weight is 262 g/mol. The van der Waals surface area contributed by atoms with Crippen molar-refractivity contribution in [2.45, 2.75) is 12.8 Å². The van der Waals surface area contributed by atoms with Crippen LogP contribution in [0.4, 0.5) is 8.78 Å². The molecule has 0 fully saturated rings. The first-order valence-electron chi connectivity index (χ1n) is 5.76. The van der Waals surface area contributed by atoms with Gasteiger partial charge in [0, 0.05) is 6.07 Å². The van der Waals surface area contributed by atoms with Gasteiger partial charge in [-0.25, -0.2) is 8.78 Å². The Morgan fingerprint density at radius 1 is 1.05 bits per heavy atom. The summed E-state index contributed by atoms with van der Waals surface area (Å²) in [6.45, 7) is 1.56. The third-order valence-electron chi connectivity index (χ3n) is 2.95. The zero-order chi connectivity index (χ0) is 14.0. The highest BCUT2D eigenvalue weighted by molar-refractivity contribution is 5.76. The van der Waals surface area contributed by atoms with E-state index < -0.39 is 23.5 Å². The number of halogens is 2. The van der Waals surface area contributed by atoms with Gasteiger partial charge in [-0.1, -0.05) is 24.3 Å². The highest BCUT2D eigenvalue weighted by atomic mass is 19.1. The topological polar surface area (TPSA) is 37.3 Å².